The number of ether oxygens (including phenoxy) is 1. The van der Waals surface area contributed by atoms with E-state index in [0.717, 1.165) is 0 Å². The van der Waals surface area contributed by atoms with Gasteiger partial charge in [0.25, 0.3) is 5.69 Å². The average molecular weight is 328 g/mol. The zero-order chi connectivity index (χ0) is 15.6. The molecule has 0 aromatic heterocycles. The minimum Gasteiger partial charge on any atom is -0.456 e. The van der Waals surface area contributed by atoms with Crippen LogP contribution in [0.1, 0.15) is 18.6 Å². The summed E-state index contributed by atoms with van der Waals surface area (Å²) in [5.41, 5.74) is 0.466. The summed E-state index contributed by atoms with van der Waals surface area (Å²) in [4.78, 5) is 10.1. The van der Waals surface area contributed by atoms with Gasteiger partial charge in [0.15, 0.2) is 0 Å². The van der Waals surface area contributed by atoms with Crippen molar-refractivity contribution in [3.8, 4) is 11.5 Å². The molecule has 0 unspecified atom stereocenters. The van der Waals surface area contributed by atoms with E-state index in [1.807, 2.05) is 0 Å². The molecular formula is C14H11Cl2NO4. The number of benzene rings is 2. The van der Waals surface area contributed by atoms with E-state index >= 15 is 0 Å². The molecule has 0 heterocycles. The Morgan fingerprint density at radius 2 is 1.90 bits per heavy atom. The van der Waals surface area contributed by atoms with Crippen LogP contribution >= 0.6 is 23.2 Å². The Balaban J connectivity index is 2.26. The first-order chi connectivity index (χ1) is 9.88. The summed E-state index contributed by atoms with van der Waals surface area (Å²) in [5.74, 6) is 0.697. The van der Waals surface area contributed by atoms with Gasteiger partial charge in [-0.15, -0.1) is 0 Å². The van der Waals surface area contributed by atoms with Gasteiger partial charge in [0.05, 0.1) is 16.0 Å². The summed E-state index contributed by atoms with van der Waals surface area (Å²) in [5, 5.41) is 20.5. The van der Waals surface area contributed by atoms with Gasteiger partial charge in [-0.1, -0.05) is 29.3 Å². The van der Waals surface area contributed by atoms with Gasteiger partial charge < -0.3 is 9.84 Å². The van der Waals surface area contributed by atoms with Gasteiger partial charge in [-0.25, -0.2) is 0 Å². The maximum absolute atomic E-state index is 10.7. The zero-order valence-corrected chi connectivity index (χ0v) is 12.4. The van der Waals surface area contributed by atoms with E-state index in [1.54, 1.807) is 25.1 Å². The van der Waals surface area contributed by atoms with Crippen molar-refractivity contribution in [1.82, 2.24) is 0 Å². The predicted octanol–water partition coefficient (Wildman–Crippen LogP) is 4.75. The van der Waals surface area contributed by atoms with Gasteiger partial charge >= 0.3 is 0 Å². The Kier molecular flexibility index (Phi) is 4.67. The topological polar surface area (TPSA) is 72.6 Å². The molecule has 0 radical (unpaired) electrons. The van der Waals surface area contributed by atoms with Gasteiger partial charge in [0.2, 0.25) is 0 Å². The lowest BCUT2D eigenvalue weighted by atomic mass is 10.1. The van der Waals surface area contributed by atoms with Gasteiger partial charge in [-0.3, -0.25) is 10.1 Å². The Bertz CT molecular complexity index is 689. The van der Waals surface area contributed by atoms with Crippen LogP contribution in [0.25, 0.3) is 0 Å². The molecule has 0 spiro atoms. The number of aliphatic hydroxyl groups excluding tert-OH is 1. The van der Waals surface area contributed by atoms with Crippen molar-refractivity contribution in [3.05, 3.63) is 62.1 Å². The number of nitro groups is 1. The molecule has 0 amide bonds. The smallest absolute Gasteiger partial charge is 0.288 e. The molecule has 2 aromatic carbocycles. The summed E-state index contributed by atoms with van der Waals surface area (Å²) in [6.45, 7) is 1.63. The molecule has 1 atom stereocenters. The van der Waals surface area contributed by atoms with Crippen LogP contribution in [0.15, 0.2) is 36.4 Å². The summed E-state index contributed by atoms with van der Waals surface area (Å²) in [6.07, 6.45) is -0.634. The average Bonchev–Trinajstić information content (AvgIpc) is 2.40. The molecule has 0 aliphatic heterocycles. The third kappa shape index (κ3) is 3.64. The third-order valence-corrected chi connectivity index (χ3v) is 3.38. The second-order valence-electron chi connectivity index (χ2n) is 4.34. The van der Waals surface area contributed by atoms with Crippen molar-refractivity contribution in [2.75, 3.05) is 0 Å². The standard InChI is InChI=1S/C14H11Cl2NO4/c1-8(18)9-2-5-14(12(16)6-9)21-10-3-4-13(17(19)20)11(15)7-10/h2-8,18H,1H3/t8-/m1/s1. The maximum atomic E-state index is 10.7. The monoisotopic (exact) mass is 327 g/mol. The molecule has 5 nitrogen and oxygen atoms in total. The lowest BCUT2D eigenvalue weighted by Gasteiger charge is -2.10. The third-order valence-electron chi connectivity index (χ3n) is 2.78. The molecular weight excluding hydrogens is 317 g/mol. The van der Waals surface area contributed by atoms with Crippen LogP contribution in [-0.4, -0.2) is 10.0 Å². The van der Waals surface area contributed by atoms with E-state index in [-0.39, 0.29) is 10.7 Å². The van der Waals surface area contributed by atoms with E-state index < -0.39 is 11.0 Å². The molecule has 7 heteroatoms. The molecule has 2 aromatic rings. The summed E-state index contributed by atoms with van der Waals surface area (Å²) < 4.78 is 5.54. The molecule has 2 rings (SSSR count). The van der Waals surface area contributed by atoms with Crippen molar-refractivity contribution in [3.63, 3.8) is 0 Å². The van der Waals surface area contributed by atoms with Crippen molar-refractivity contribution in [1.29, 1.82) is 0 Å². The second kappa shape index (κ2) is 6.30. The highest BCUT2D eigenvalue weighted by atomic mass is 35.5. The molecule has 110 valence electrons. The zero-order valence-electron chi connectivity index (χ0n) is 10.9. The fourth-order valence-corrected chi connectivity index (χ4v) is 2.15. The Hall–Kier alpha value is -1.82. The Morgan fingerprint density at radius 3 is 2.43 bits per heavy atom. The number of hydrogen-bond acceptors (Lipinski definition) is 4. The first-order valence-corrected chi connectivity index (χ1v) is 6.73. The molecule has 0 saturated heterocycles. The van der Waals surface area contributed by atoms with Crippen molar-refractivity contribution in [2.45, 2.75) is 13.0 Å². The lowest BCUT2D eigenvalue weighted by Crippen LogP contribution is -1.93. The first-order valence-electron chi connectivity index (χ1n) is 5.98. The highest BCUT2D eigenvalue weighted by molar-refractivity contribution is 6.33. The van der Waals surface area contributed by atoms with E-state index in [4.69, 9.17) is 27.9 Å². The van der Waals surface area contributed by atoms with Gasteiger partial charge in [0, 0.05) is 12.1 Å². The number of nitro benzene ring substituents is 1. The van der Waals surface area contributed by atoms with Crippen molar-refractivity contribution < 1.29 is 14.8 Å². The fourth-order valence-electron chi connectivity index (χ4n) is 1.69. The van der Waals surface area contributed by atoms with Gasteiger partial charge in [-0.05, 0) is 30.7 Å². The molecule has 0 aliphatic rings. The summed E-state index contributed by atoms with van der Waals surface area (Å²) in [6, 6.07) is 8.92. The van der Waals surface area contributed by atoms with E-state index in [0.29, 0.717) is 22.1 Å². The van der Waals surface area contributed by atoms with Crippen LogP contribution in [0.4, 0.5) is 5.69 Å². The first kappa shape index (κ1) is 15.6. The quantitative estimate of drug-likeness (QED) is 0.649. The van der Waals surface area contributed by atoms with Crippen LogP contribution in [0.5, 0.6) is 11.5 Å². The number of halogens is 2. The number of rotatable bonds is 4. The molecule has 0 fully saturated rings. The largest absolute Gasteiger partial charge is 0.456 e. The minimum absolute atomic E-state index is 0.0192. The van der Waals surface area contributed by atoms with Crippen LogP contribution in [0.2, 0.25) is 10.0 Å². The SMILES string of the molecule is C[C@@H](O)c1ccc(Oc2ccc([N+](=O)[O-])c(Cl)c2)c(Cl)c1. The van der Waals surface area contributed by atoms with Crippen LogP contribution in [0, 0.1) is 10.1 Å². The highest BCUT2D eigenvalue weighted by Crippen LogP contribution is 2.34. The van der Waals surface area contributed by atoms with Crippen molar-refractivity contribution in [2.24, 2.45) is 0 Å². The maximum Gasteiger partial charge on any atom is 0.288 e. The Morgan fingerprint density at radius 1 is 1.19 bits per heavy atom. The van der Waals surface area contributed by atoms with Crippen LogP contribution < -0.4 is 4.74 Å². The normalized spacial score (nSPS) is 12.0. The van der Waals surface area contributed by atoms with E-state index in [9.17, 15) is 15.2 Å². The molecule has 21 heavy (non-hydrogen) atoms. The van der Waals surface area contributed by atoms with Crippen LogP contribution in [-0.2, 0) is 0 Å². The summed E-state index contributed by atoms with van der Waals surface area (Å²) >= 11 is 11.9. The fraction of sp³-hybridized carbons (Fsp3) is 0.143. The van der Waals surface area contributed by atoms with E-state index in [1.165, 1.54) is 18.2 Å². The molecule has 0 bridgehead atoms. The van der Waals surface area contributed by atoms with Gasteiger partial charge in [-0.2, -0.15) is 0 Å². The molecule has 1 N–H and O–H groups in total. The molecule has 0 saturated carbocycles. The van der Waals surface area contributed by atoms with Crippen LogP contribution in [0.3, 0.4) is 0 Å². The lowest BCUT2D eigenvalue weighted by molar-refractivity contribution is -0.384. The second-order valence-corrected chi connectivity index (χ2v) is 5.15. The highest BCUT2D eigenvalue weighted by Gasteiger charge is 2.14. The van der Waals surface area contributed by atoms with Crippen molar-refractivity contribution >= 4 is 28.9 Å². The molecule has 0 aliphatic carbocycles. The number of aliphatic hydroxyl groups is 1. The number of hydrogen-bond donors (Lipinski definition) is 1. The minimum atomic E-state index is -0.634. The van der Waals surface area contributed by atoms with E-state index in [2.05, 4.69) is 0 Å². The number of nitrogens with zero attached hydrogens (tertiary/aromatic N) is 1. The summed E-state index contributed by atoms with van der Waals surface area (Å²) in [7, 11) is 0. The Labute approximate surface area is 130 Å². The van der Waals surface area contributed by atoms with Gasteiger partial charge in [0.1, 0.15) is 16.5 Å². The predicted molar refractivity (Wildman–Crippen MR) is 80.3 cm³/mol.